The van der Waals surface area contributed by atoms with E-state index in [0.29, 0.717) is 18.1 Å². The first-order valence-corrected chi connectivity index (χ1v) is 15.5. The number of aliphatic hydroxyl groups excluding tert-OH is 1. The van der Waals surface area contributed by atoms with Crippen molar-refractivity contribution in [2.45, 2.75) is 105 Å². The van der Waals surface area contributed by atoms with E-state index >= 15 is 0 Å². The van der Waals surface area contributed by atoms with Crippen molar-refractivity contribution in [1.29, 1.82) is 0 Å². The Morgan fingerprint density at radius 3 is 2.44 bits per heavy atom. The molecule has 3 saturated carbocycles. The molecule has 5 aliphatic carbocycles. The molecule has 3 fully saturated rings. The van der Waals surface area contributed by atoms with E-state index in [1.165, 1.54) is 0 Å². The van der Waals surface area contributed by atoms with Gasteiger partial charge in [-0.1, -0.05) is 65.3 Å². The predicted molar refractivity (Wildman–Crippen MR) is 154 cm³/mol. The highest BCUT2D eigenvalue weighted by Gasteiger charge is 2.70. The minimum Gasteiger partial charge on any atom is -0.396 e. The number of fused-ring (bicyclic) bond motifs is 7. The highest BCUT2D eigenvalue weighted by molar-refractivity contribution is 6.03. The predicted octanol–water partition coefficient (Wildman–Crippen LogP) is 6.43. The molecule has 7 atom stereocenters. The molecule has 0 unspecified atom stereocenters. The lowest BCUT2D eigenvalue weighted by molar-refractivity contribution is -0.160. The van der Waals surface area contributed by atoms with Crippen LogP contribution in [-0.4, -0.2) is 33.4 Å². The fourth-order valence-electron chi connectivity index (χ4n) is 10.6. The number of carbonyl (C=O) groups is 2. The number of ketones is 2. The van der Waals surface area contributed by atoms with Crippen molar-refractivity contribution >= 4 is 11.6 Å². The molecule has 41 heavy (non-hydrogen) atoms. The van der Waals surface area contributed by atoms with Crippen LogP contribution in [0.4, 0.5) is 0 Å². The van der Waals surface area contributed by atoms with Crippen LogP contribution in [0.2, 0.25) is 0 Å². The van der Waals surface area contributed by atoms with E-state index in [-0.39, 0.29) is 63.3 Å². The van der Waals surface area contributed by atoms with Gasteiger partial charge in [-0.3, -0.25) is 4.79 Å². The number of rotatable bonds is 3. The lowest BCUT2D eigenvalue weighted by Gasteiger charge is -2.69. The fourth-order valence-corrected chi connectivity index (χ4v) is 10.6. The van der Waals surface area contributed by atoms with Crippen molar-refractivity contribution in [2.24, 2.45) is 44.8 Å². The summed E-state index contributed by atoms with van der Waals surface area (Å²) < 4.78 is 5.59. The maximum Gasteiger partial charge on any atom is 0.228 e. The van der Waals surface area contributed by atoms with Crippen molar-refractivity contribution in [3.63, 3.8) is 0 Å². The quantitative estimate of drug-likeness (QED) is 0.429. The first-order chi connectivity index (χ1) is 19.1. The summed E-state index contributed by atoms with van der Waals surface area (Å²) in [6.45, 7) is 23.3. The van der Waals surface area contributed by atoms with Crippen molar-refractivity contribution < 1.29 is 19.2 Å². The Hall–Kier alpha value is -2.59. The van der Waals surface area contributed by atoms with Gasteiger partial charge in [-0.25, -0.2) is 4.85 Å². The maximum absolute atomic E-state index is 14.6. The zero-order chi connectivity index (χ0) is 29.8. The summed E-state index contributed by atoms with van der Waals surface area (Å²) in [5, 5.41) is 13.9. The fraction of sp³-hybridized carbons (Fsp3) is 0.735. The van der Waals surface area contributed by atoms with E-state index in [2.05, 4.69) is 44.6 Å². The van der Waals surface area contributed by atoms with Gasteiger partial charge in [0.2, 0.25) is 11.6 Å². The third-order valence-corrected chi connectivity index (χ3v) is 13.1. The molecule has 0 radical (unpaired) electrons. The topological polar surface area (TPSA) is 97.7 Å². The van der Waals surface area contributed by atoms with Gasteiger partial charge >= 0.3 is 0 Å². The van der Waals surface area contributed by atoms with Gasteiger partial charge in [0.1, 0.15) is 0 Å². The van der Waals surface area contributed by atoms with Gasteiger partial charge in [0.25, 0.3) is 0 Å². The summed E-state index contributed by atoms with van der Waals surface area (Å²) in [7, 11) is 0. The Labute approximate surface area is 244 Å². The van der Waals surface area contributed by atoms with Crippen LogP contribution in [0.15, 0.2) is 27.9 Å². The summed E-state index contributed by atoms with van der Waals surface area (Å²) in [6, 6.07) is 0. The minimum absolute atomic E-state index is 0.0397. The van der Waals surface area contributed by atoms with Crippen LogP contribution in [0, 0.1) is 51.4 Å². The van der Waals surface area contributed by atoms with Gasteiger partial charge in [-0.2, -0.15) is 4.98 Å². The molecule has 7 heteroatoms. The van der Waals surface area contributed by atoms with Gasteiger partial charge in [0.15, 0.2) is 17.4 Å². The normalized spacial score (nSPS) is 42.6. The Balaban J connectivity index is 1.51. The van der Waals surface area contributed by atoms with E-state index in [1.807, 2.05) is 26.0 Å². The Morgan fingerprint density at radius 2 is 1.76 bits per heavy atom. The SMILES string of the molecule is [C-]#[N+]C1=C[C@]2(C)C3=CC(=O)[C@@H]4[C@@H]5CC(C)(C)CC[C@]5(c5noc(CCO)n5)CC[C@@]4(C)[C@]3(C)CC[C@H]2C(C)(C)C1=O. The largest absolute Gasteiger partial charge is 0.396 e. The molecule has 0 aliphatic heterocycles. The van der Waals surface area contributed by atoms with E-state index in [1.54, 1.807) is 0 Å². The molecule has 5 aliphatic rings. The average molecular weight is 560 g/mol. The highest BCUT2D eigenvalue weighted by Crippen LogP contribution is 2.74. The van der Waals surface area contributed by atoms with Gasteiger partial charge in [-0.15, -0.1) is 0 Å². The minimum atomic E-state index is -0.660. The first kappa shape index (κ1) is 28.5. The summed E-state index contributed by atoms with van der Waals surface area (Å²) in [6.07, 6.45) is 10.7. The third kappa shape index (κ3) is 3.58. The molecule has 0 amide bonds. The van der Waals surface area contributed by atoms with Crippen LogP contribution < -0.4 is 0 Å². The summed E-state index contributed by atoms with van der Waals surface area (Å²) in [4.78, 5) is 36.4. The second-order valence-corrected chi connectivity index (χ2v) is 15.9. The number of Topliss-reactive ketones (excluding diaryl/α,β-unsaturated/α-hetero) is 1. The van der Waals surface area contributed by atoms with E-state index in [4.69, 9.17) is 16.1 Å². The first-order valence-electron chi connectivity index (χ1n) is 15.5. The van der Waals surface area contributed by atoms with E-state index in [0.717, 1.165) is 50.5 Å². The molecule has 7 nitrogen and oxygen atoms in total. The standard InChI is InChI=1S/C34H45N3O4/c1-29(2)12-14-34(28-36-25(10-16-38)41-37-28)15-13-33(7)26(20(34)18-29)22(39)17-24-31(5)19-21(35-8)27(40)30(3,4)23(31)9-11-32(24,33)6/h17,19-20,23,26,38H,9-16,18H2,1-7H3/t20-,23-,26-,31-,32+,33+,34-/m0/s1. The van der Waals surface area contributed by atoms with Crippen molar-refractivity contribution in [3.05, 3.63) is 46.6 Å². The van der Waals surface area contributed by atoms with E-state index in [9.17, 15) is 14.7 Å². The molecule has 220 valence electrons. The van der Waals surface area contributed by atoms with Gasteiger partial charge in [0, 0.05) is 22.2 Å². The third-order valence-electron chi connectivity index (χ3n) is 13.1. The monoisotopic (exact) mass is 559 g/mol. The van der Waals surface area contributed by atoms with Gasteiger partial charge in [-0.05, 0) is 79.1 Å². The van der Waals surface area contributed by atoms with Crippen molar-refractivity contribution in [2.75, 3.05) is 6.61 Å². The molecule has 0 bridgehead atoms. The molecule has 0 aromatic carbocycles. The van der Waals surface area contributed by atoms with Crippen LogP contribution >= 0.6 is 0 Å². The maximum atomic E-state index is 14.6. The number of hydrogen-bond donors (Lipinski definition) is 1. The average Bonchev–Trinajstić information content (AvgIpc) is 3.37. The van der Waals surface area contributed by atoms with Crippen LogP contribution in [0.25, 0.3) is 4.85 Å². The lowest BCUT2D eigenvalue weighted by Crippen LogP contribution is -2.65. The molecule has 0 spiro atoms. The molecule has 0 saturated heterocycles. The Bertz CT molecular complexity index is 1430. The summed E-state index contributed by atoms with van der Waals surface area (Å²) in [5.41, 5.74) is -0.604. The number of hydrogen-bond acceptors (Lipinski definition) is 6. The number of aliphatic hydroxyl groups is 1. The molecule has 1 heterocycles. The molecule has 1 aromatic rings. The number of allylic oxidation sites excluding steroid dienone is 4. The second kappa shape index (κ2) is 8.72. The highest BCUT2D eigenvalue weighted by atomic mass is 16.5. The lowest BCUT2D eigenvalue weighted by atomic mass is 9.34. The van der Waals surface area contributed by atoms with Crippen LogP contribution in [0.5, 0.6) is 0 Å². The van der Waals surface area contributed by atoms with Crippen LogP contribution in [-0.2, 0) is 21.4 Å². The molecular weight excluding hydrogens is 514 g/mol. The molecule has 1 N–H and O–H groups in total. The van der Waals surface area contributed by atoms with E-state index < -0.39 is 10.8 Å². The van der Waals surface area contributed by atoms with Crippen molar-refractivity contribution in [3.8, 4) is 0 Å². The number of aromatic nitrogens is 2. The van der Waals surface area contributed by atoms with Crippen LogP contribution in [0.3, 0.4) is 0 Å². The molecular formula is C34H45N3O4. The zero-order valence-corrected chi connectivity index (χ0v) is 25.8. The van der Waals surface area contributed by atoms with Crippen molar-refractivity contribution in [1.82, 2.24) is 10.1 Å². The summed E-state index contributed by atoms with van der Waals surface area (Å²) >= 11 is 0. The smallest absolute Gasteiger partial charge is 0.228 e. The Morgan fingerprint density at radius 1 is 1.05 bits per heavy atom. The summed E-state index contributed by atoms with van der Waals surface area (Å²) in [5.74, 6) is 1.23. The number of nitrogens with zero attached hydrogens (tertiary/aromatic N) is 3. The molecule has 1 aromatic heterocycles. The zero-order valence-electron chi connectivity index (χ0n) is 25.8. The number of carbonyl (C=O) groups excluding carboxylic acids is 2. The Kier molecular flexibility index (Phi) is 6.07. The van der Waals surface area contributed by atoms with Gasteiger partial charge in [0.05, 0.1) is 19.6 Å². The van der Waals surface area contributed by atoms with Gasteiger partial charge < -0.3 is 14.4 Å². The van der Waals surface area contributed by atoms with Crippen LogP contribution in [0.1, 0.15) is 105 Å². The second-order valence-electron chi connectivity index (χ2n) is 15.9. The molecule has 6 rings (SSSR count).